The van der Waals surface area contributed by atoms with Gasteiger partial charge in [0.05, 0.1) is 30.1 Å². The molecule has 3 aromatic rings. The van der Waals surface area contributed by atoms with Gasteiger partial charge in [0.1, 0.15) is 28.1 Å². The molecule has 0 saturated heterocycles. The molecule has 0 bridgehead atoms. The Hall–Kier alpha value is -2.98. The summed E-state index contributed by atoms with van der Waals surface area (Å²) >= 11 is 1.20. The van der Waals surface area contributed by atoms with Crippen LogP contribution in [0.15, 0.2) is 18.2 Å². The first kappa shape index (κ1) is 16.9. The topological polar surface area (TPSA) is 90.3 Å². The summed E-state index contributed by atoms with van der Waals surface area (Å²) < 4.78 is 12.7. The molecule has 2 heterocycles. The van der Waals surface area contributed by atoms with Gasteiger partial charge >= 0.3 is 5.97 Å². The van der Waals surface area contributed by atoms with Gasteiger partial charge in [0.15, 0.2) is 0 Å². The van der Waals surface area contributed by atoms with Gasteiger partial charge in [-0.25, -0.2) is 4.79 Å². The number of nitrogen functional groups attached to an aromatic ring is 1. The summed E-state index contributed by atoms with van der Waals surface area (Å²) in [5.74, 6) is 0.637. The van der Waals surface area contributed by atoms with Gasteiger partial charge in [0.25, 0.3) is 0 Å². The lowest BCUT2D eigenvalue weighted by Crippen LogP contribution is -2.06. The number of benzene rings is 1. The number of esters is 1. The van der Waals surface area contributed by atoms with Gasteiger partial charge in [0, 0.05) is 5.56 Å². The molecule has 0 saturated carbocycles. The van der Waals surface area contributed by atoms with Crippen LogP contribution in [0.1, 0.15) is 26.4 Å². The minimum absolute atomic E-state index is 0.347. The van der Waals surface area contributed by atoms with E-state index in [0.29, 0.717) is 26.5 Å². The number of methoxy groups -OCH3 is 2. The molecule has 0 atom stereocenters. The van der Waals surface area contributed by atoms with Crippen molar-refractivity contribution in [3.8, 4) is 17.5 Å². The van der Waals surface area contributed by atoms with E-state index in [1.54, 1.807) is 13.2 Å². The van der Waals surface area contributed by atoms with Gasteiger partial charge < -0.3 is 15.2 Å². The molecule has 25 heavy (non-hydrogen) atoms. The van der Waals surface area contributed by atoms with E-state index in [4.69, 9.17) is 15.2 Å². The summed E-state index contributed by atoms with van der Waals surface area (Å²) in [7, 11) is 2.94. The Morgan fingerprint density at radius 3 is 2.64 bits per heavy atom. The lowest BCUT2D eigenvalue weighted by Gasteiger charge is -2.16. The van der Waals surface area contributed by atoms with Crippen molar-refractivity contribution in [1.82, 2.24) is 4.57 Å². The fourth-order valence-corrected chi connectivity index (χ4v) is 4.08. The molecule has 6 nitrogen and oxygen atoms in total. The Bertz CT molecular complexity index is 1040. The van der Waals surface area contributed by atoms with Crippen LogP contribution in [-0.4, -0.2) is 24.8 Å². The third-order valence-electron chi connectivity index (χ3n) is 4.20. The number of fused-ring (bicyclic) bond motifs is 1. The van der Waals surface area contributed by atoms with Crippen LogP contribution in [0.2, 0.25) is 0 Å². The van der Waals surface area contributed by atoms with Crippen molar-refractivity contribution < 1.29 is 14.3 Å². The molecule has 7 heteroatoms. The number of carbonyl (C=O) groups excluding carboxylic acids is 1. The Kier molecular flexibility index (Phi) is 4.15. The maximum Gasteiger partial charge on any atom is 0.348 e. The predicted molar refractivity (Wildman–Crippen MR) is 97.6 cm³/mol. The van der Waals surface area contributed by atoms with Gasteiger partial charge in [0.2, 0.25) is 0 Å². The van der Waals surface area contributed by atoms with E-state index in [1.165, 1.54) is 18.4 Å². The van der Waals surface area contributed by atoms with E-state index in [1.807, 2.05) is 30.5 Å². The number of aromatic nitrogens is 1. The molecular weight excluding hydrogens is 338 g/mol. The number of nitriles is 1. The summed E-state index contributed by atoms with van der Waals surface area (Å²) in [6.07, 6.45) is 0. The van der Waals surface area contributed by atoms with Gasteiger partial charge in [-0.2, -0.15) is 5.26 Å². The van der Waals surface area contributed by atoms with Crippen molar-refractivity contribution >= 4 is 33.3 Å². The highest BCUT2D eigenvalue weighted by Gasteiger charge is 2.24. The van der Waals surface area contributed by atoms with E-state index in [9.17, 15) is 10.1 Å². The van der Waals surface area contributed by atoms with Crippen LogP contribution in [-0.2, 0) is 4.74 Å². The zero-order valence-electron chi connectivity index (χ0n) is 14.3. The normalized spacial score (nSPS) is 10.7. The van der Waals surface area contributed by atoms with Crippen LogP contribution in [0.25, 0.3) is 15.9 Å². The smallest absolute Gasteiger partial charge is 0.348 e. The first-order valence-electron chi connectivity index (χ1n) is 7.51. The van der Waals surface area contributed by atoms with Crippen LogP contribution < -0.4 is 10.5 Å². The highest BCUT2D eigenvalue weighted by molar-refractivity contribution is 7.21. The summed E-state index contributed by atoms with van der Waals surface area (Å²) in [4.78, 5) is 12.3. The zero-order chi connectivity index (χ0) is 18.3. The molecule has 0 radical (unpaired) electrons. The molecule has 0 aliphatic carbocycles. The Morgan fingerprint density at radius 2 is 2.04 bits per heavy atom. The lowest BCUT2D eigenvalue weighted by atomic mass is 10.1. The molecule has 0 amide bonds. The van der Waals surface area contributed by atoms with Crippen LogP contribution in [0.3, 0.4) is 0 Å². The van der Waals surface area contributed by atoms with Crippen molar-refractivity contribution in [3.63, 3.8) is 0 Å². The van der Waals surface area contributed by atoms with E-state index in [2.05, 4.69) is 6.07 Å². The van der Waals surface area contributed by atoms with Crippen molar-refractivity contribution in [2.75, 3.05) is 20.0 Å². The molecule has 3 rings (SSSR count). The Balaban J connectivity index is 2.41. The van der Waals surface area contributed by atoms with E-state index in [0.717, 1.165) is 22.6 Å². The third kappa shape index (κ3) is 2.42. The number of nitrogens with two attached hydrogens (primary N) is 1. The summed E-state index contributed by atoms with van der Waals surface area (Å²) in [6, 6.07) is 7.69. The number of anilines is 1. The minimum atomic E-state index is -0.436. The van der Waals surface area contributed by atoms with Crippen molar-refractivity contribution in [2.45, 2.75) is 13.8 Å². The molecule has 0 aliphatic heterocycles. The number of hydrogen-bond donors (Lipinski definition) is 1. The molecule has 2 aromatic heterocycles. The second kappa shape index (κ2) is 6.15. The summed E-state index contributed by atoms with van der Waals surface area (Å²) in [5.41, 5.74) is 10.1. The first-order valence-corrected chi connectivity index (χ1v) is 8.32. The highest BCUT2D eigenvalue weighted by atomic mass is 32.1. The number of rotatable bonds is 3. The molecule has 128 valence electrons. The fraction of sp³-hybridized carbons (Fsp3) is 0.222. The second-order valence-electron chi connectivity index (χ2n) is 5.58. The van der Waals surface area contributed by atoms with Crippen molar-refractivity contribution in [2.24, 2.45) is 0 Å². The zero-order valence-corrected chi connectivity index (χ0v) is 15.2. The van der Waals surface area contributed by atoms with Crippen molar-refractivity contribution in [3.05, 3.63) is 39.8 Å². The van der Waals surface area contributed by atoms with E-state index in [-0.39, 0.29) is 0 Å². The number of carbonyl (C=O) groups is 1. The van der Waals surface area contributed by atoms with Crippen molar-refractivity contribution in [1.29, 1.82) is 5.26 Å². The maximum absolute atomic E-state index is 11.9. The van der Waals surface area contributed by atoms with Crippen LogP contribution in [0, 0.1) is 25.2 Å². The monoisotopic (exact) mass is 355 g/mol. The number of hydrogen-bond acceptors (Lipinski definition) is 6. The summed E-state index contributed by atoms with van der Waals surface area (Å²) in [5, 5.41) is 9.54. The number of nitrogens with zero attached hydrogens (tertiary/aromatic N) is 2. The van der Waals surface area contributed by atoms with E-state index < -0.39 is 5.97 Å². The lowest BCUT2D eigenvalue weighted by molar-refractivity contribution is 0.0606. The number of aryl methyl sites for hydroxylation is 1. The molecule has 0 fully saturated rings. The van der Waals surface area contributed by atoms with Crippen LogP contribution in [0.4, 0.5) is 5.82 Å². The fourth-order valence-electron chi connectivity index (χ4n) is 3.02. The summed E-state index contributed by atoms with van der Waals surface area (Å²) in [6.45, 7) is 3.90. The van der Waals surface area contributed by atoms with Gasteiger partial charge in [-0.1, -0.05) is 6.07 Å². The van der Waals surface area contributed by atoms with Gasteiger partial charge in [-0.15, -0.1) is 11.3 Å². The number of thiophene rings is 1. The largest absolute Gasteiger partial charge is 0.496 e. The SMILES string of the molecule is COC(=O)c1cc2c(s1)c(C#N)c(N)n2-c1c(C)ccc(OC)c1C. The number of ether oxygens (including phenoxy) is 2. The average molecular weight is 355 g/mol. The Morgan fingerprint density at radius 1 is 1.32 bits per heavy atom. The molecule has 2 N–H and O–H groups in total. The first-order chi connectivity index (χ1) is 11.9. The van der Waals surface area contributed by atoms with Gasteiger partial charge in [-0.3, -0.25) is 4.57 Å². The minimum Gasteiger partial charge on any atom is -0.496 e. The highest BCUT2D eigenvalue weighted by Crippen LogP contribution is 2.40. The molecule has 0 unspecified atom stereocenters. The second-order valence-corrected chi connectivity index (χ2v) is 6.63. The van der Waals surface area contributed by atoms with Gasteiger partial charge in [-0.05, 0) is 31.5 Å². The Labute approximate surface area is 149 Å². The molecule has 1 aromatic carbocycles. The third-order valence-corrected chi connectivity index (χ3v) is 5.32. The predicted octanol–water partition coefficient (Wildman–Crippen LogP) is 3.56. The standard InChI is InChI=1S/C18H17N3O3S/c1-9-5-6-13(23-3)10(2)15(9)21-12-7-14(18(22)24-4)25-16(12)11(8-19)17(21)20/h5-7H,20H2,1-4H3. The maximum atomic E-state index is 11.9. The van der Waals surface area contributed by atoms with Crippen LogP contribution in [0.5, 0.6) is 5.75 Å². The molecular formula is C18H17N3O3S. The van der Waals surface area contributed by atoms with Crippen LogP contribution >= 0.6 is 11.3 Å². The molecule has 0 aliphatic rings. The average Bonchev–Trinajstić information content (AvgIpc) is 3.12. The van der Waals surface area contributed by atoms with E-state index >= 15 is 0 Å². The quantitative estimate of drug-likeness (QED) is 0.726. The molecule has 0 spiro atoms.